The molecule has 1 saturated carbocycles. The van der Waals surface area contributed by atoms with Crippen LogP contribution in [0.1, 0.15) is 44.1 Å². The maximum Gasteiger partial charge on any atom is 0.228 e. The van der Waals surface area contributed by atoms with E-state index in [4.69, 9.17) is 5.73 Å². The van der Waals surface area contributed by atoms with E-state index < -0.39 is 0 Å². The Morgan fingerprint density at radius 2 is 2.17 bits per heavy atom. The van der Waals surface area contributed by atoms with Crippen molar-refractivity contribution in [1.82, 2.24) is 0 Å². The first kappa shape index (κ1) is 11.7. The summed E-state index contributed by atoms with van der Waals surface area (Å²) in [6.07, 6.45) is 3.64. The molecule has 96 valence electrons. The number of para-hydroxylation sites is 1. The Hall–Kier alpha value is -1.35. The summed E-state index contributed by atoms with van der Waals surface area (Å²) in [6, 6.07) is 8.20. The van der Waals surface area contributed by atoms with E-state index in [1.807, 2.05) is 23.1 Å². The SMILES string of the molecule is C[C@@H]1CN(C(=O)CC2(N)CCC2)c2ccccc21. The van der Waals surface area contributed by atoms with Gasteiger partial charge >= 0.3 is 0 Å². The van der Waals surface area contributed by atoms with E-state index in [2.05, 4.69) is 13.0 Å². The van der Waals surface area contributed by atoms with Gasteiger partial charge in [-0.3, -0.25) is 4.79 Å². The van der Waals surface area contributed by atoms with Crippen molar-refractivity contribution in [3.8, 4) is 0 Å². The molecule has 3 rings (SSSR count). The van der Waals surface area contributed by atoms with Gasteiger partial charge in [0.2, 0.25) is 5.91 Å². The lowest BCUT2D eigenvalue weighted by molar-refractivity contribution is -0.120. The molecule has 1 aliphatic heterocycles. The molecular formula is C15H20N2O. The van der Waals surface area contributed by atoms with Crippen molar-refractivity contribution in [3.05, 3.63) is 29.8 Å². The van der Waals surface area contributed by atoms with Crippen LogP contribution in [0.15, 0.2) is 24.3 Å². The minimum absolute atomic E-state index is 0.189. The molecular weight excluding hydrogens is 224 g/mol. The molecule has 1 heterocycles. The average Bonchev–Trinajstić information content (AvgIpc) is 2.66. The number of rotatable bonds is 2. The molecule has 1 aromatic carbocycles. The number of hydrogen-bond acceptors (Lipinski definition) is 2. The van der Waals surface area contributed by atoms with Crippen LogP contribution >= 0.6 is 0 Å². The van der Waals surface area contributed by atoms with Crippen molar-refractivity contribution < 1.29 is 4.79 Å². The van der Waals surface area contributed by atoms with Crippen LogP contribution < -0.4 is 10.6 Å². The highest BCUT2D eigenvalue weighted by atomic mass is 16.2. The second-order valence-electron chi connectivity index (χ2n) is 5.86. The van der Waals surface area contributed by atoms with E-state index in [0.717, 1.165) is 31.5 Å². The van der Waals surface area contributed by atoms with Gasteiger partial charge in [0, 0.05) is 30.1 Å². The molecule has 2 aliphatic rings. The number of hydrogen-bond donors (Lipinski definition) is 1. The smallest absolute Gasteiger partial charge is 0.228 e. The molecule has 3 heteroatoms. The first-order valence-electron chi connectivity index (χ1n) is 6.77. The van der Waals surface area contributed by atoms with Gasteiger partial charge in [-0.2, -0.15) is 0 Å². The van der Waals surface area contributed by atoms with Crippen molar-refractivity contribution in [2.75, 3.05) is 11.4 Å². The Morgan fingerprint density at radius 1 is 1.44 bits per heavy atom. The molecule has 0 spiro atoms. The van der Waals surface area contributed by atoms with Gasteiger partial charge < -0.3 is 10.6 Å². The van der Waals surface area contributed by atoms with Crippen LogP contribution in [0.4, 0.5) is 5.69 Å². The summed E-state index contributed by atoms with van der Waals surface area (Å²) in [6.45, 7) is 2.97. The molecule has 0 saturated heterocycles. The van der Waals surface area contributed by atoms with Crippen molar-refractivity contribution in [2.45, 2.75) is 44.1 Å². The standard InChI is InChI=1S/C15H20N2O/c1-11-10-17(13-6-3-2-5-12(11)13)14(18)9-15(16)7-4-8-15/h2-3,5-6,11H,4,7-10,16H2,1H3/t11-/m1/s1. The molecule has 1 aromatic rings. The topological polar surface area (TPSA) is 46.3 Å². The third-order valence-corrected chi connectivity index (χ3v) is 4.37. The number of nitrogens with zero attached hydrogens (tertiary/aromatic N) is 1. The number of fused-ring (bicyclic) bond motifs is 1. The molecule has 3 nitrogen and oxygen atoms in total. The van der Waals surface area contributed by atoms with Gasteiger partial charge in [-0.1, -0.05) is 25.1 Å². The van der Waals surface area contributed by atoms with Crippen LogP contribution in [-0.2, 0) is 4.79 Å². The summed E-state index contributed by atoms with van der Waals surface area (Å²) in [4.78, 5) is 14.3. The fourth-order valence-electron chi connectivity index (χ4n) is 3.06. The maximum atomic E-state index is 12.4. The minimum Gasteiger partial charge on any atom is -0.325 e. The van der Waals surface area contributed by atoms with Crippen LogP contribution in [0, 0.1) is 0 Å². The molecule has 1 atom stereocenters. The second kappa shape index (κ2) is 4.09. The van der Waals surface area contributed by atoms with Gasteiger partial charge in [-0.05, 0) is 30.9 Å². The summed E-state index contributed by atoms with van der Waals surface area (Å²) < 4.78 is 0. The predicted octanol–water partition coefficient (Wildman–Crippen LogP) is 2.41. The molecule has 18 heavy (non-hydrogen) atoms. The van der Waals surface area contributed by atoms with Gasteiger partial charge in [-0.25, -0.2) is 0 Å². The van der Waals surface area contributed by atoms with E-state index >= 15 is 0 Å². The fourth-order valence-corrected chi connectivity index (χ4v) is 3.06. The molecule has 1 aliphatic carbocycles. The zero-order valence-corrected chi connectivity index (χ0v) is 10.9. The van der Waals surface area contributed by atoms with Crippen molar-refractivity contribution in [1.29, 1.82) is 0 Å². The van der Waals surface area contributed by atoms with E-state index in [0.29, 0.717) is 12.3 Å². The Balaban J connectivity index is 1.80. The second-order valence-corrected chi connectivity index (χ2v) is 5.86. The van der Waals surface area contributed by atoms with Crippen molar-refractivity contribution in [3.63, 3.8) is 0 Å². The van der Waals surface area contributed by atoms with Gasteiger partial charge in [0.1, 0.15) is 0 Å². The largest absolute Gasteiger partial charge is 0.325 e. The third kappa shape index (κ3) is 1.83. The zero-order chi connectivity index (χ0) is 12.8. The maximum absolute atomic E-state index is 12.4. The van der Waals surface area contributed by atoms with E-state index in [1.54, 1.807) is 0 Å². The highest BCUT2D eigenvalue weighted by molar-refractivity contribution is 5.96. The number of nitrogens with two attached hydrogens (primary N) is 1. The molecule has 0 bridgehead atoms. The molecule has 1 fully saturated rings. The Labute approximate surface area is 108 Å². The molecule has 0 aromatic heterocycles. The van der Waals surface area contributed by atoms with Crippen molar-refractivity contribution in [2.24, 2.45) is 5.73 Å². The predicted molar refractivity (Wildman–Crippen MR) is 72.6 cm³/mol. The van der Waals surface area contributed by atoms with E-state index in [-0.39, 0.29) is 11.4 Å². The van der Waals surface area contributed by atoms with Gasteiger partial charge in [-0.15, -0.1) is 0 Å². The van der Waals surface area contributed by atoms with E-state index in [1.165, 1.54) is 5.56 Å². The Bertz CT molecular complexity index is 479. The highest BCUT2D eigenvalue weighted by Gasteiger charge is 2.38. The van der Waals surface area contributed by atoms with Crippen LogP contribution in [0.2, 0.25) is 0 Å². The quantitative estimate of drug-likeness (QED) is 0.868. The summed E-state index contributed by atoms with van der Waals surface area (Å²) in [5, 5.41) is 0. The summed E-state index contributed by atoms with van der Waals surface area (Å²) in [7, 11) is 0. The number of amides is 1. The van der Waals surface area contributed by atoms with Crippen LogP contribution in [0.25, 0.3) is 0 Å². The highest BCUT2D eigenvalue weighted by Crippen LogP contribution is 2.38. The van der Waals surface area contributed by atoms with Gasteiger partial charge in [0.15, 0.2) is 0 Å². The summed E-state index contributed by atoms with van der Waals surface area (Å²) in [5.41, 5.74) is 8.32. The number of benzene rings is 1. The molecule has 0 unspecified atom stereocenters. The van der Waals surface area contributed by atoms with Crippen LogP contribution in [0.3, 0.4) is 0 Å². The Morgan fingerprint density at radius 3 is 2.83 bits per heavy atom. The third-order valence-electron chi connectivity index (χ3n) is 4.37. The number of carbonyl (C=O) groups excluding carboxylic acids is 1. The molecule has 0 radical (unpaired) electrons. The lowest BCUT2D eigenvalue weighted by atomic mass is 9.75. The molecule has 2 N–H and O–H groups in total. The number of carbonyl (C=O) groups is 1. The zero-order valence-electron chi connectivity index (χ0n) is 10.9. The lowest BCUT2D eigenvalue weighted by Gasteiger charge is -2.38. The molecule has 1 amide bonds. The number of anilines is 1. The first-order valence-corrected chi connectivity index (χ1v) is 6.77. The fraction of sp³-hybridized carbons (Fsp3) is 0.533. The van der Waals surface area contributed by atoms with Crippen molar-refractivity contribution >= 4 is 11.6 Å². The minimum atomic E-state index is -0.224. The Kier molecular flexibility index (Phi) is 2.67. The van der Waals surface area contributed by atoms with Gasteiger partial charge in [0.25, 0.3) is 0 Å². The lowest BCUT2D eigenvalue weighted by Crippen LogP contribution is -2.50. The average molecular weight is 244 g/mol. The monoisotopic (exact) mass is 244 g/mol. The first-order chi connectivity index (χ1) is 8.59. The normalized spacial score (nSPS) is 24.6. The van der Waals surface area contributed by atoms with Crippen LogP contribution in [-0.4, -0.2) is 18.0 Å². The summed E-state index contributed by atoms with van der Waals surface area (Å²) in [5.74, 6) is 0.620. The van der Waals surface area contributed by atoms with Gasteiger partial charge in [0.05, 0.1) is 0 Å². The summed E-state index contributed by atoms with van der Waals surface area (Å²) >= 11 is 0. The van der Waals surface area contributed by atoms with Crippen LogP contribution in [0.5, 0.6) is 0 Å². The van der Waals surface area contributed by atoms with E-state index in [9.17, 15) is 4.79 Å².